The van der Waals surface area contributed by atoms with E-state index < -0.39 is 0 Å². The van der Waals surface area contributed by atoms with E-state index in [1.807, 2.05) is 7.05 Å². The summed E-state index contributed by atoms with van der Waals surface area (Å²) >= 11 is 0. The Bertz CT molecular complexity index is 104. The van der Waals surface area contributed by atoms with Crippen molar-refractivity contribution in [1.29, 1.82) is 5.41 Å². The summed E-state index contributed by atoms with van der Waals surface area (Å²) in [5.74, 6) is 1.17. The predicted octanol–water partition coefficient (Wildman–Crippen LogP) is 2.40. The van der Waals surface area contributed by atoms with E-state index >= 15 is 0 Å². The Hall–Kier alpha value is -0.530. The van der Waals surface area contributed by atoms with Gasteiger partial charge in [-0.1, -0.05) is 26.7 Å². The van der Waals surface area contributed by atoms with Crippen molar-refractivity contribution in [2.45, 2.75) is 39.5 Å². The zero-order chi connectivity index (χ0) is 8.69. The molecule has 0 fully saturated rings. The van der Waals surface area contributed by atoms with Crippen LogP contribution in [-0.4, -0.2) is 12.9 Å². The second-order valence-electron chi connectivity index (χ2n) is 2.94. The van der Waals surface area contributed by atoms with Gasteiger partial charge in [-0.2, -0.15) is 0 Å². The molecule has 0 aromatic carbocycles. The van der Waals surface area contributed by atoms with Gasteiger partial charge in [0.05, 0.1) is 5.84 Å². The molecule has 2 heteroatoms. The van der Waals surface area contributed by atoms with E-state index in [-0.39, 0.29) is 0 Å². The minimum absolute atomic E-state index is 0.468. The first kappa shape index (κ1) is 10.5. The van der Waals surface area contributed by atoms with E-state index in [1.165, 1.54) is 12.8 Å². The zero-order valence-electron chi connectivity index (χ0n) is 7.91. The third-order valence-electron chi connectivity index (χ3n) is 1.95. The van der Waals surface area contributed by atoms with Crippen molar-refractivity contribution in [3.63, 3.8) is 0 Å². The molecule has 0 heterocycles. The highest BCUT2D eigenvalue weighted by molar-refractivity contribution is 5.81. The van der Waals surface area contributed by atoms with Crippen molar-refractivity contribution in [2.24, 2.45) is 5.92 Å². The van der Waals surface area contributed by atoms with Gasteiger partial charge in [0.1, 0.15) is 0 Å². The van der Waals surface area contributed by atoms with Gasteiger partial charge in [0.2, 0.25) is 0 Å². The average molecular weight is 156 g/mol. The molecule has 0 amide bonds. The summed E-state index contributed by atoms with van der Waals surface area (Å²) < 4.78 is 0. The first-order valence-corrected chi connectivity index (χ1v) is 4.52. The molecule has 0 unspecified atom stereocenters. The number of rotatable bonds is 5. The molecule has 0 rings (SSSR count). The molecule has 0 aliphatic rings. The first-order chi connectivity index (χ1) is 5.26. The SMILES string of the molecule is CCCC(CCC)C(=N)NC. The van der Waals surface area contributed by atoms with Crippen LogP contribution in [0.25, 0.3) is 0 Å². The molecule has 0 aromatic rings. The smallest absolute Gasteiger partial charge is 0.0960 e. The molecule has 0 saturated carbocycles. The van der Waals surface area contributed by atoms with E-state index in [0.29, 0.717) is 11.8 Å². The van der Waals surface area contributed by atoms with Gasteiger partial charge in [0.25, 0.3) is 0 Å². The summed E-state index contributed by atoms with van der Waals surface area (Å²) in [7, 11) is 1.83. The van der Waals surface area contributed by atoms with Crippen LogP contribution in [0.5, 0.6) is 0 Å². The van der Waals surface area contributed by atoms with Crippen molar-refractivity contribution in [1.82, 2.24) is 5.32 Å². The monoisotopic (exact) mass is 156 g/mol. The normalized spacial score (nSPS) is 10.2. The molecule has 0 aromatic heterocycles. The Morgan fingerprint density at radius 1 is 1.27 bits per heavy atom. The van der Waals surface area contributed by atoms with Crippen LogP contribution in [0.2, 0.25) is 0 Å². The lowest BCUT2D eigenvalue weighted by atomic mass is 9.97. The summed E-state index contributed by atoms with van der Waals surface area (Å²) in [4.78, 5) is 0. The summed E-state index contributed by atoms with van der Waals surface area (Å²) in [5.41, 5.74) is 0. The Morgan fingerprint density at radius 2 is 1.73 bits per heavy atom. The van der Waals surface area contributed by atoms with Crippen LogP contribution in [0.15, 0.2) is 0 Å². The predicted molar refractivity (Wildman–Crippen MR) is 50.1 cm³/mol. The minimum Gasteiger partial charge on any atom is -0.377 e. The van der Waals surface area contributed by atoms with Crippen LogP contribution in [0.4, 0.5) is 0 Å². The third-order valence-corrected chi connectivity index (χ3v) is 1.95. The van der Waals surface area contributed by atoms with Gasteiger partial charge < -0.3 is 5.32 Å². The molecule has 66 valence electrons. The second-order valence-corrected chi connectivity index (χ2v) is 2.94. The maximum atomic E-state index is 7.59. The summed E-state index contributed by atoms with van der Waals surface area (Å²) in [6.45, 7) is 4.34. The fraction of sp³-hybridized carbons (Fsp3) is 0.889. The largest absolute Gasteiger partial charge is 0.377 e. The first-order valence-electron chi connectivity index (χ1n) is 4.52. The van der Waals surface area contributed by atoms with E-state index in [4.69, 9.17) is 5.41 Å². The van der Waals surface area contributed by atoms with Gasteiger partial charge in [-0.25, -0.2) is 0 Å². The lowest BCUT2D eigenvalue weighted by Crippen LogP contribution is -2.26. The van der Waals surface area contributed by atoms with Gasteiger partial charge in [0.15, 0.2) is 0 Å². The lowest BCUT2D eigenvalue weighted by Gasteiger charge is -2.15. The molecule has 0 saturated heterocycles. The Balaban J connectivity index is 3.76. The fourth-order valence-electron chi connectivity index (χ4n) is 1.33. The van der Waals surface area contributed by atoms with E-state index in [1.54, 1.807) is 0 Å². The summed E-state index contributed by atoms with van der Waals surface area (Å²) in [5, 5.41) is 10.5. The molecule has 0 atom stereocenters. The minimum atomic E-state index is 0.468. The maximum absolute atomic E-state index is 7.59. The molecule has 0 aliphatic carbocycles. The fourth-order valence-corrected chi connectivity index (χ4v) is 1.33. The highest BCUT2D eigenvalue weighted by atomic mass is 14.9. The van der Waals surface area contributed by atoms with Crippen LogP contribution in [0.1, 0.15) is 39.5 Å². The van der Waals surface area contributed by atoms with Crippen molar-refractivity contribution < 1.29 is 0 Å². The van der Waals surface area contributed by atoms with Gasteiger partial charge in [0, 0.05) is 13.0 Å². The molecule has 2 N–H and O–H groups in total. The van der Waals surface area contributed by atoms with Gasteiger partial charge in [-0.3, -0.25) is 5.41 Å². The standard InChI is InChI=1S/C9H20N2/c1-4-6-8(7-5-2)9(10)11-3/h8H,4-7H2,1-3H3,(H2,10,11). The van der Waals surface area contributed by atoms with Crippen LogP contribution < -0.4 is 5.32 Å². The molecule has 2 nitrogen and oxygen atoms in total. The quantitative estimate of drug-likeness (QED) is 0.465. The second kappa shape index (κ2) is 6.20. The van der Waals surface area contributed by atoms with Gasteiger partial charge in [-0.05, 0) is 12.8 Å². The number of hydrogen-bond donors (Lipinski definition) is 2. The number of nitrogens with one attached hydrogen (secondary N) is 2. The molecule has 11 heavy (non-hydrogen) atoms. The van der Waals surface area contributed by atoms with Crippen LogP contribution in [0.3, 0.4) is 0 Å². The summed E-state index contributed by atoms with van der Waals surface area (Å²) in [6, 6.07) is 0. The molecule has 0 bridgehead atoms. The molecular formula is C9H20N2. The lowest BCUT2D eigenvalue weighted by molar-refractivity contribution is 0.545. The third kappa shape index (κ3) is 4.02. The Kier molecular flexibility index (Phi) is 5.90. The molecule has 0 aliphatic heterocycles. The van der Waals surface area contributed by atoms with E-state index in [2.05, 4.69) is 19.2 Å². The van der Waals surface area contributed by atoms with Crippen molar-refractivity contribution in [3.05, 3.63) is 0 Å². The highest BCUT2D eigenvalue weighted by Crippen LogP contribution is 2.13. The van der Waals surface area contributed by atoms with Gasteiger partial charge >= 0.3 is 0 Å². The van der Waals surface area contributed by atoms with E-state index in [0.717, 1.165) is 12.8 Å². The topological polar surface area (TPSA) is 35.9 Å². The van der Waals surface area contributed by atoms with Crippen LogP contribution in [-0.2, 0) is 0 Å². The zero-order valence-corrected chi connectivity index (χ0v) is 7.91. The van der Waals surface area contributed by atoms with Gasteiger partial charge in [-0.15, -0.1) is 0 Å². The average Bonchev–Trinajstić information content (AvgIpc) is 2.03. The van der Waals surface area contributed by atoms with Crippen molar-refractivity contribution in [3.8, 4) is 0 Å². The van der Waals surface area contributed by atoms with Crippen molar-refractivity contribution >= 4 is 5.84 Å². The maximum Gasteiger partial charge on any atom is 0.0960 e. The van der Waals surface area contributed by atoms with Crippen molar-refractivity contribution in [2.75, 3.05) is 7.05 Å². The number of hydrogen-bond acceptors (Lipinski definition) is 1. The summed E-state index contributed by atoms with van der Waals surface area (Å²) in [6.07, 6.45) is 4.64. The Morgan fingerprint density at radius 3 is 2.00 bits per heavy atom. The number of amidine groups is 1. The Labute approximate surface area is 69.9 Å². The van der Waals surface area contributed by atoms with Crippen LogP contribution in [0, 0.1) is 11.3 Å². The molecular weight excluding hydrogens is 136 g/mol. The van der Waals surface area contributed by atoms with E-state index in [9.17, 15) is 0 Å². The highest BCUT2D eigenvalue weighted by Gasteiger charge is 2.10. The molecule has 0 spiro atoms. The molecule has 0 radical (unpaired) electrons. The van der Waals surface area contributed by atoms with Crippen LogP contribution >= 0.6 is 0 Å².